The van der Waals surface area contributed by atoms with Crippen molar-refractivity contribution in [3.8, 4) is 5.75 Å². The highest BCUT2D eigenvalue weighted by atomic mass is 16.5. The number of nitrogens with zero attached hydrogens (tertiary/aromatic N) is 1. The molecule has 23 heavy (non-hydrogen) atoms. The minimum absolute atomic E-state index is 0.0300. The number of likely N-dealkylation sites (tertiary alicyclic amines) is 1. The summed E-state index contributed by atoms with van der Waals surface area (Å²) in [6.45, 7) is 5.24. The molecule has 2 amide bonds. The van der Waals surface area contributed by atoms with Crippen molar-refractivity contribution < 1.29 is 14.3 Å². The lowest BCUT2D eigenvalue weighted by Crippen LogP contribution is -2.44. The summed E-state index contributed by atoms with van der Waals surface area (Å²) in [6, 6.07) is 7.73. The molecule has 0 atom stereocenters. The third-order valence-corrected chi connectivity index (χ3v) is 4.16. The van der Waals surface area contributed by atoms with Crippen LogP contribution in [0.2, 0.25) is 0 Å². The summed E-state index contributed by atoms with van der Waals surface area (Å²) >= 11 is 0. The molecule has 126 valence electrons. The second kappa shape index (κ2) is 7.99. The lowest BCUT2D eigenvalue weighted by atomic mass is 9.95. The number of carbonyl (C=O) groups excluding carboxylic acids is 2. The molecule has 1 heterocycles. The average Bonchev–Trinajstić information content (AvgIpc) is 2.55. The smallest absolute Gasteiger partial charge is 0.226 e. The zero-order valence-electron chi connectivity index (χ0n) is 14.2. The van der Waals surface area contributed by atoms with Crippen LogP contribution in [-0.4, -0.2) is 43.0 Å². The van der Waals surface area contributed by atoms with Crippen LogP contribution >= 0.6 is 0 Å². The second-order valence-electron chi connectivity index (χ2n) is 6.34. The van der Waals surface area contributed by atoms with Gasteiger partial charge >= 0.3 is 0 Å². The summed E-state index contributed by atoms with van der Waals surface area (Å²) in [5.74, 6) is 1.06. The zero-order valence-corrected chi connectivity index (χ0v) is 14.2. The summed E-state index contributed by atoms with van der Waals surface area (Å²) in [6.07, 6.45) is 1.88. The summed E-state index contributed by atoms with van der Waals surface area (Å²) in [7, 11) is 1.62. The number of methoxy groups -OCH3 is 1. The van der Waals surface area contributed by atoms with Gasteiger partial charge in [0.15, 0.2) is 0 Å². The van der Waals surface area contributed by atoms with E-state index in [-0.39, 0.29) is 23.8 Å². The average molecular weight is 318 g/mol. The van der Waals surface area contributed by atoms with Crippen molar-refractivity contribution >= 4 is 11.8 Å². The molecule has 1 fully saturated rings. The van der Waals surface area contributed by atoms with E-state index in [9.17, 15) is 9.59 Å². The fraction of sp³-hybridized carbons (Fsp3) is 0.556. The van der Waals surface area contributed by atoms with E-state index in [0.717, 1.165) is 24.2 Å². The zero-order chi connectivity index (χ0) is 16.8. The van der Waals surface area contributed by atoms with Crippen molar-refractivity contribution in [2.24, 2.45) is 5.92 Å². The van der Waals surface area contributed by atoms with Gasteiger partial charge in [0.1, 0.15) is 5.75 Å². The standard InChI is InChI=1S/C18H26N2O3/c1-13(2)19-18(22)15-8-10-20(11-9-15)17(21)12-14-4-6-16(23-3)7-5-14/h4-7,13,15H,8-12H2,1-3H3,(H,19,22). The first-order chi connectivity index (χ1) is 11.0. The van der Waals surface area contributed by atoms with Crippen molar-refractivity contribution in [2.75, 3.05) is 20.2 Å². The summed E-state index contributed by atoms with van der Waals surface area (Å²) < 4.78 is 5.12. The monoisotopic (exact) mass is 318 g/mol. The fourth-order valence-corrected chi connectivity index (χ4v) is 2.82. The van der Waals surface area contributed by atoms with Crippen molar-refractivity contribution in [3.63, 3.8) is 0 Å². The van der Waals surface area contributed by atoms with Crippen LogP contribution in [0.1, 0.15) is 32.3 Å². The Morgan fingerprint density at radius 1 is 1.22 bits per heavy atom. The minimum atomic E-state index is 0.0300. The molecule has 0 unspecified atom stereocenters. The maximum Gasteiger partial charge on any atom is 0.226 e. The Morgan fingerprint density at radius 3 is 2.35 bits per heavy atom. The molecule has 0 aliphatic carbocycles. The highest BCUT2D eigenvalue weighted by Gasteiger charge is 2.27. The molecular formula is C18H26N2O3. The number of carbonyl (C=O) groups is 2. The van der Waals surface area contributed by atoms with E-state index in [4.69, 9.17) is 4.74 Å². The van der Waals surface area contributed by atoms with Gasteiger partial charge in [-0.2, -0.15) is 0 Å². The van der Waals surface area contributed by atoms with E-state index >= 15 is 0 Å². The van der Waals surface area contributed by atoms with Gasteiger partial charge in [-0.15, -0.1) is 0 Å². The second-order valence-corrected chi connectivity index (χ2v) is 6.34. The molecule has 1 aliphatic rings. The Bertz CT molecular complexity index is 532. The topological polar surface area (TPSA) is 58.6 Å². The largest absolute Gasteiger partial charge is 0.497 e. The summed E-state index contributed by atoms with van der Waals surface area (Å²) in [4.78, 5) is 26.2. The quantitative estimate of drug-likeness (QED) is 0.903. The first-order valence-electron chi connectivity index (χ1n) is 8.20. The van der Waals surface area contributed by atoms with Crippen LogP contribution in [0.25, 0.3) is 0 Å². The van der Waals surface area contributed by atoms with Gasteiger partial charge in [0, 0.05) is 25.0 Å². The highest BCUT2D eigenvalue weighted by molar-refractivity contribution is 5.81. The van der Waals surface area contributed by atoms with Crippen LogP contribution in [0.5, 0.6) is 5.75 Å². The van der Waals surface area contributed by atoms with E-state index in [0.29, 0.717) is 19.5 Å². The normalized spacial score (nSPS) is 15.6. The first-order valence-corrected chi connectivity index (χ1v) is 8.20. The third kappa shape index (κ3) is 4.98. The van der Waals surface area contributed by atoms with Gasteiger partial charge in [-0.25, -0.2) is 0 Å². The van der Waals surface area contributed by atoms with E-state index in [1.165, 1.54) is 0 Å². The number of amides is 2. The van der Waals surface area contributed by atoms with E-state index in [1.807, 2.05) is 43.0 Å². The molecule has 1 aliphatic heterocycles. The molecule has 0 radical (unpaired) electrons. The van der Waals surface area contributed by atoms with Gasteiger partial charge in [-0.3, -0.25) is 9.59 Å². The molecular weight excluding hydrogens is 292 g/mol. The predicted octanol–water partition coefficient (Wildman–Crippen LogP) is 2.00. The van der Waals surface area contributed by atoms with Crippen LogP contribution in [0.3, 0.4) is 0 Å². The predicted molar refractivity (Wildman–Crippen MR) is 89.3 cm³/mol. The summed E-state index contributed by atoms with van der Waals surface area (Å²) in [5.41, 5.74) is 0.982. The maximum atomic E-state index is 12.4. The van der Waals surface area contributed by atoms with Crippen molar-refractivity contribution in [2.45, 2.75) is 39.2 Å². The Kier molecular flexibility index (Phi) is 6.02. The van der Waals surface area contributed by atoms with Crippen LogP contribution in [0, 0.1) is 5.92 Å². The number of ether oxygens (including phenoxy) is 1. The van der Waals surface area contributed by atoms with Crippen molar-refractivity contribution in [3.05, 3.63) is 29.8 Å². The number of benzene rings is 1. The van der Waals surface area contributed by atoms with Crippen LogP contribution in [0.15, 0.2) is 24.3 Å². The fourth-order valence-electron chi connectivity index (χ4n) is 2.82. The van der Waals surface area contributed by atoms with Gasteiger partial charge < -0.3 is 15.0 Å². The Morgan fingerprint density at radius 2 is 1.83 bits per heavy atom. The molecule has 1 saturated heterocycles. The Balaban J connectivity index is 1.82. The van der Waals surface area contributed by atoms with Gasteiger partial charge in [0.05, 0.1) is 13.5 Å². The number of piperidine rings is 1. The Labute approximate surface area is 138 Å². The lowest BCUT2D eigenvalue weighted by Gasteiger charge is -2.31. The van der Waals surface area contributed by atoms with Crippen molar-refractivity contribution in [1.82, 2.24) is 10.2 Å². The molecule has 5 heteroatoms. The van der Waals surface area contributed by atoms with Gasteiger partial charge in [-0.1, -0.05) is 12.1 Å². The van der Waals surface area contributed by atoms with Crippen LogP contribution in [-0.2, 0) is 16.0 Å². The molecule has 5 nitrogen and oxygen atoms in total. The maximum absolute atomic E-state index is 12.4. The molecule has 1 aromatic carbocycles. The molecule has 0 aromatic heterocycles. The molecule has 0 saturated carbocycles. The molecule has 0 spiro atoms. The number of rotatable bonds is 5. The van der Waals surface area contributed by atoms with Crippen LogP contribution < -0.4 is 10.1 Å². The number of hydrogen-bond donors (Lipinski definition) is 1. The lowest BCUT2D eigenvalue weighted by molar-refractivity contribution is -0.135. The van der Waals surface area contributed by atoms with E-state index in [2.05, 4.69) is 5.32 Å². The first kappa shape index (κ1) is 17.3. The number of nitrogens with one attached hydrogen (secondary N) is 1. The van der Waals surface area contributed by atoms with Crippen LogP contribution in [0.4, 0.5) is 0 Å². The molecule has 0 bridgehead atoms. The van der Waals surface area contributed by atoms with Gasteiger partial charge in [0.2, 0.25) is 11.8 Å². The molecule has 1 aromatic rings. The molecule has 1 N–H and O–H groups in total. The van der Waals surface area contributed by atoms with Gasteiger partial charge in [-0.05, 0) is 44.4 Å². The minimum Gasteiger partial charge on any atom is -0.497 e. The van der Waals surface area contributed by atoms with E-state index < -0.39 is 0 Å². The Hall–Kier alpha value is -2.04. The van der Waals surface area contributed by atoms with E-state index in [1.54, 1.807) is 7.11 Å². The highest BCUT2D eigenvalue weighted by Crippen LogP contribution is 2.19. The summed E-state index contributed by atoms with van der Waals surface area (Å²) in [5, 5.41) is 2.95. The number of hydrogen-bond acceptors (Lipinski definition) is 3. The third-order valence-electron chi connectivity index (χ3n) is 4.16. The van der Waals surface area contributed by atoms with Gasteiger partial charge in [0.25, 0.3) is 0 Å². The molecule has 2 rings (SSSR count). The SMILES string of the molecule is COc1ccc(CC(=O)N2CCC(C(=O)NC(C)C)CC2)cc1. The van der Waals surface area contributed by atoms with Crippen molar-refractivity contribution in [1.29, 1.82) is 0 Å².